The van der Waals surface area contributed by atoms with Crippen molar-refractivity contribution in [2.75, 3.05) is 37.3 Å². The molecule has 1 aromatic heterocycles. The molecule has 176 valence electrons. The molecule has 1 saturated heterocycles. The van der Waals surface area contributed by atoms with Crippen LogP contribution in [0.3, 0.4) is 0 Å². The maximum Gasteiger partial charge on any atom is 0.433 e. The van der Waals surface area contributed by atoms with Crippen LogP contribution in [-0.2, 0) is 11.0 Å². The average Bonchev–Trinajstić information content (AvgIpc) is 2.80. The molecule has 1 fully saturated rings. The van der Waals surface area contributed by atoms with Crippen molar-refractivity contribution in [1.82, 2.24) is 9.88 Å². The molecule has 0 saturated carbocycles. The van der Waals surface area contributed by atoms with Crippen molar-refractivity contribution in [3.8, 4) is 0 Å². The summed E-state index contributed by atoms with van der Waals surface area (Å²) in [5, 5.41) is 11.8. The van der Waals surface area contributed by atoms with Crippen LogP contribution in [0.5, 0.6) is 0 Å². The van der Waals surface area contributed by atoms with Crippen LogP contribution in [0.1, 0.15) is 34.6 Å². The zero-order valence-electron chi connectivity index (χ0n) is 17.7. The Kier molecular flexibility index (Phi) is 7.64. The molecule has 0 aliphatic carbocycles. The minimum Gasteiger partial charge on any atom is -0.398 e. The summed E-state index contributed by atoms with van der Waals surface area (Å²) < 4.78 is 38.5. The number of carbonyl (C=O) groups excluding carboxylic acids is 2. The second-order valence-corrected chi connectivity index (χ2v) is 7.70. The summed E-state index contributed by atoms with van der Waals surface area (Å²) in [6, 6.07) is 7.56. The van der Waals surface area contributed by atoms with Crippen molar-refractivity contribution in [3.05, 3.63) is 53.3 Å². The number of anilines is 2. The van der Waals surface area contributed by atoms with Gasteiger partial charge in [-0.15, -0.1) is 0 Å². The van der Waals surface area contributed by atoms with Gasteiger partial charge in [-0.2, -0.15) is 13.2 Å². The molecular formula is C22H24F3N5O3. The monoisotopic (exact) mass is 463 g/mol. The van der Waals surface area contributed by atoms with Gasteiger partial charge < -0.3 is 21.1 Å². The number of amides is 2. The number of nitrogen functional groups attached to an aromatic ring is 1. The van der Waals surface area contributed by atoms with Gasteiger partial charge in [0.25, 0.3) is 5.91 Å². The number of alkyl halides is 3. The van der Waals surface area contributed by atoms with Crippen LogP contribution in [0.4, 0.5) is 24.5 Å². The first kappa shape index (κ1) is 24.2. The SMILES string of the molecule is Nc1ccc(NC(=O)c2cccc(C(F)(F)F)n2)cc1C=NCC(=O)N1CCCC(CO)C1. The summed E-state index contributed by atoms with van der Waals surface area (Å²) in [6.07, 6.45) is -1.55. The number of piperidine rings is 1. The number of nitrogens with two attached hydrogens (primary N) is 1. The normalized spacial score (nSPS) is 16.7. The Hall–Kier alpha value is -3.47. The van der Waals surface area contributed by atoms with Gasteiger partial charge in [0.1, 0.15) is 17.9 Å². The minimum absolute atomic E-state index is 0.0398. The Bertz CT molecular complexity index is 1040. The highest BCUT2D eigenvalue weighted by molar-refractivity contribution is 6.03. The lowest BCUT2D eigenvalue weighted by molar-refractivity contribution is -0.141. The van der Waals surface area contributed by atoms with Gasteiger partial charge in [0.15, 0.2) is 0 Å². The van der Waals surface area contributed by atoms with Crippen molar-refractivity contribution in [3.63, 3.8) is 0 Å². The lowest BCUT2D eigenvalue weighted by Gasteiger charge is -2.31. The molecule has 1 aliphatic rings. The van der Waals surface area contributed by atoms with Crippen molar-refractivity contribution in [1.29, 1.82) is 0 Å². The molecule has 0 spiro atoms. The minimum atomic E-state index is -4.66. The third-order valence-electron chi connectivity index (χ3n) is 5.20. The summed E-state index contributed by atoms with van der Waals surface area (Å²) in [5.41, 5.74) is 5.45. The molecule has 1 atom stereocenters. The Balaban J connectivity index is 1.65. The van der Waals surface area contributed by atoms with Crippen LogP contribution < -0.4 is 11.1 Å². The van der Waals surface area contributed by atoms with E-state index in [1.165, 1.54) is 30.5 Å². The van der Waals surface area contributed by atoms with E-state index in [1.807, 2.05) is 0 Å². The molecule has 2 aromatic rings. The van der Waals surface area contributed by atoms with Crippen LogP contribution in [0.25, 0.3) is 0 Å². The van der Waals surface area contributed by atoms with Crippen LogP contribution in [0, 0.1) is 5.92 Å². The zero-order chi connectivity index (χ0) is 24.0. The predicted octanol–water partition coefficient (Wildman–Crippen LogP) is 2.58. The van der Waals surface area contributed by atoms with E-state index in [0.717, 1.165) is 25.0 Å². The molecular weight excluding hydrogens is 439 g/mol. The van der Waals surface area contributed by atoms with Gasteiger partial charge in [0, 0.05) is 42.8 Å². The van der Waals surface area contributed by atoms with Gasteiger partial charge in [0.05, 0.1) is 0 Å². The van der Waals surface area contributed by atoms with Gasteiger partial charge in [-0.05, 0) is 49.1 Å². The van der Waals surface area contributed by atoms with Crippen LogP contribution in [0.15, 0.2) is 41.4 Å². The number of nitrogens with zero attached hydrogens (tertiary/aromatic N) is 3. The maximum absolute atomic E-state index is 12.8. The fraction of sp³-hybridized carbons (Fsp3) is 0.364. The molecule has 1 unspecified atom stereocenters. The largest absolute Gasteiger partial charge is 0.433 e. The molecule has 2 amide bonds. The quantitative estimate of drug-likeness (QED) is 0.449. The number of aliphatic hydroxyl groups is 1. The number of aliphatic hydroxyl groups excluding tert-OH is 1. The van der Waals surface area contributed by atoms with E-state index in [4.69, 9.17) is 5.73 Å². The fourth-order valence-electron chi connectivity index (χ4n) is 3.44. The third-order valence-corrected chi connectivity index (χ3v) is 5.20. The smallest absolute Gasteiger partial charge is 0.398 e. The van der Waals surface area contributed by atoms with E-state index in [0.29, 0.717) is 24.3 Å². The van der Waals surface area contributed by atoms with E-state index < -0.39 is 17.8 Å². The number of rotatable bonds is 6. The molecule has 1 aromatic carbocycles. The first-order valence-electron chi connectivity index (χ1n) is 10.3. The molecule has 4 N–H and O–H groups in total. The van der Waals surface area contributed by atoms with E-state index in [1.54, 1.807) is 4.90 Å². The first-order chi connectivity index (χ1) is 15.7. The third kappa shape index (κ3) is 6.51. The predicted molar refractivity (Wildman–Crippen MR) is 117 cm³/mol. The lowest BCUT2D eigenvalue weighted by atomic mass is 9.99. The Labute approximate surface area is 188 Å². The molecule has 33 heavy (non-hydrogen) atoms. The van der Waals surface area contributed by atoms with Gasteiger partial charge in [-0.1, -0.05) is 6.07 Å². The number of hydrogen-bond acceptors (Lipinski definition) is 6. The molecule has 3 rings (SSSR count). The van der Waals surface area contributed by atoms with Gasteiger partial charge in [0.2, 0.25) is 5.91 Å². The van der Waals surface area contributed by atoms with Crippen molar-refractivity contribution in [2.45, 2.75) is 19.0 Å². The molecule has 8 nitrogen and oxygen atoms in total. The number of hydrogen-bond donors (Lipinski definition) is 3. The number of aromatic nitrogens is 1. The van der Waals surface area contributed by atoms with Gasteiger partial charge in [-0.3, -0.25) is 14.6 Å². The number of likely N-dealkylation sites (tertiary alicyclic amines) is 1. The highest BCUT2D eigenvalue weighted by atomic mass is 19.4. The number of pyridine rings is 1. The summed E-state index contributed by atoms with van der Waals surface area (Å²) >= 11 is 0. The summed E-state index contributed by atoms with van der Waals surface area (Å²) in [4.78, 5) is 33.9. The Morgan fingerprint density at radius 1 is 1.30 bits per heavy atom. The van der Waals surface area contributed by atoms with Crippen LogP contribution >= 0.6 is 0 Å². The highest BCUT2D eigenvalue weighted by Gasteiger charge is 2.33. The number of carbonyl (C=O) groups is 2. The van der Waals surface area contributed by atoms with E-state index in [9.17, 15) is 27.9 Å². The molecule has 0 bridgehead atoms. The lowest BCUT2D eigenvalue weighted by Crippen LogP contribution is -2.42. The van der Waals surface area contributed by atoms with Crippen LogP contribution in [0.2, 0.25) is 0 Å². The Morgan fingerprint density at radius 3 is 2.82 bits per heavy atom. The summed E-state index contributed by atoms with van der Waals surface area (Å²) in [6.45, 7) is 1.07. The van der Waals surface area contributed by atoms with E-state index in [-0.39, 0.29) is 36.4 Å². The number of aliphatic imine (C=N–C) groups is 1. The molecule has 0 radical (unpaired) electrons. The fourth-order valence-corrected chi connectivity index (χ4v) is 3.44. The van der Waals surface area contributed by atoms with Crippen LogP contribution in [-0.4, -0.2) is 59.3 Å². The summed E-state index contributed by atoms with van der Waals surface area (Å²) in [7, 11) is 0. The van der Waals surface area contributed by atoms with E-state index >= 15 is 0 Å². The molecule has 11 heteroatoms. The average molecular weight is 463 g/mol. The number of benzene rings is 1. The first-order valence-corrected chi connectivity index (χ1v) is 10.3. The maximum atomic E-state index is 12.8. The van der Waals surface area contributed by atoms with E-state index in [2.05, 4.69) is 15.3 Å². The Morgan fingerprint density at radius 2 is 2.09 bits per heavy atom. The number of halogens is 3. The topological polar surface area (TPSA) is 121 Å². The molecule has 2 heterocycles. The van der Waals surface area contributed by atoms with Gasteiger partial charge in [-0.25, -0.2) is 4.98 Å². The standard InChI is InChI=1S/C22H24F3N5O3/c23-22(24,25)19-5-1-4-18(29-19)21(33)28-16-6-7-17(26)15(9-16)10-27-11-20(32)30-8-2-3-14(12-30)13-31/h1,4-7,9-10,14,31H,2-3,8,11-13,26H2,(H,28,33). The molecule has 1 aliphatic heterocycles. The highest BCUT2D eigenvalue weighted by Crippen LogP contribution is 2.27. The summed E-state index contributed by atoms with van der Waals surface area (Å²) in [5.74, 6) is -0.899. The van der Waals surface area contributed by atoms with Gasteiger partial charge >= 0.3 is 6.18 Å². The van der Waals surface area contributed by atoms with Crippen molar-refractivity contribution < 1.29 is 27.9 Å². The zero-order valence-corrected chi connectivity index (χ0v) is 17.7. The second kappa shape index (κ2) is 10.4. The number of nitrogens with one attached hydrogen (secondary N) is 1. The van der Waals surface area contributed by atoms with Crippen molar-refractivity contribution in [2.24, 2.45) is 10.9 Å². The second-order valence-electron chi connectivity index (χ2n) is 7.70. The van der Waals surface area contributed by atoms with Crippen molar-refractivity contribution >= 4 is 29.4 Å².